The second-order valence-corrected chi connectivity index (χ2v) is 32.3. The number of rotatable bonds is 41. The molecule has 2 unspecified atom stereocenters. The van der Waals surface area contributed by atoms with Crippen molar-refractivity contribution in [1.82, 2.24) is 10.6 Å². The van der Waals surface area contributed by atoms with Gasteiger partial charge in [0.1, 0.15) is 64.8 Å². The van der Waals surface area contributed by atoms with Gasteiger partial charge >= 0.3 is 17.9 Å². The number of nitrogens with zero attached hydrogens (tertiary/aromatic N) is 5. The molecule has 0 aliphatic rings. The normalized spacial score (nSPS) is 13.1. The fourth-order valence-electron chi connectivity index (χ4n) is 7.52. The van der Waals surface area contributed by atoms with Crippen molar-refractivity contribution in [2.24, 2.45) is 17.8 Å². The van der Waals surface area contributed by atoms with Crippen LogP contribution in [0.3, 0.4) is 0 Å². The monoisotopic (exact) mass is 1380 g/mol. The summed E-state index contributed by atoms with van der Waals surface area (Å²) in [5.41, 5.74) is 0.440. The third kappa shape index (κ3) is 68.6. The van der Waals surface area contributed by atoms with Crippen LogP contribution in [0.2, 0.25) is 0 Å². The van der Waals surface area contributed by atoms with E-state index in [9.17, 15) is 86.1 Å². The number of carbonyl (C=O) groups excluding carboxylic acids is 5. The van der Waals surface area contributed by atoms with E-state index in [-0.39, 0.29) is 83.2 Å². The summed E-state index contributed by atoms with van der Waals surface area (Å²) in [6, 6.07) is 0. The Kier molecular flexibility index (Phi) is 48.8. The zero-order chi connectivity index (χ0) is 71.8. The molecule has 0 rings (SSSR count). The molecule has 0 bridgehead atoms. The molecule has 0 spiro atoms. The van der Waals surface area contributed by atoms with Crippen LogP contribution in [0.1, 0.15) is 93.9 Å². The van der Waals surface area contributed by atoms with Crippen LogP contribution >= 0.6 is 0 Å². The van der Waals surface area contributed by atoms with Gasteiger partial charge in [-0.1, -0.05) is 68.0 Å². The number of aliphatic hydroxyl groups is 2. The van der Waals surface area contributed by atoms with E-state index in [0.717, 1.165) is 30.5 Å². The first kappa shape index (κ1) is 94.9. The Bertz CT molecular complexity index is 2560. The van der Waals surface area contributed by atoms with Gasteiger partial charge in [-0.25, -0.2) is 38.5 Å². The van der Waals surface area contributed by atoms with E-state index in [1.165, 1.54) is 18.9 Å². The average molecular weight is 1380 g/mol. The number of amides is 2. The van der Waals surface area contributed by atoms with Gasteiger partial charge in [0.2, 0.25) is 11.8 Å². The van der Waals surface area contributed by atoms with Crippen LogP contribution in [-0.2, 0) is 78.7 Å². The maximum absolute atomic E-state index is 11.3. The van der Waals surface area contributed by atoms with Crippen molar-refractivity contribution in [3.63, 3.8) is 0 Å². The molecule has 2 amide bonds. The molecule has 33 heteroatoms. The molecule has 2 atom stereocenters. The third-order valence-corrected chi connectivity index (χ3v) is 16.1. The molecule has 0 saturated carbocycles. The van der Waals surface area contributed by atoms with Crippen molar-refractivity contribution < 1.29 is 123 Å². The molecule has 0 aliphatic carbocycles. The van der Waals surface area contributed by atoms with E-state index < -0.39 is 64.2 Å². The van der Waals surface area contributed by atoms with Crippen LogP contribution in [0.5, 0.6) is 0 Å². The number of hydrogen-bond acceptors (Lipinski definition) is 22. The van der Waals surface area contributed by atoms with Gasteiger partial charge in [0.25, 0.3) is 0 Å². The second kappa shape index (κ2) is 46.3. The summed E-state index contributed by atoms with van der Waals surface area (Å²) < 4.78 is 144. The van der Waals surface area contributed by atoms with Crippen LogP contribution in [0.25, 0.3) is 0 Å². The van der Waals surface area contributed by atoms with Gasteiger partial charge in [0.15, 0.2) is 0 Å². The zero-order valence-electron chi connectivity index (χ0n) is 57.5. The summed E-state index contributed by atoms with van der Waals surface area (Å²) in [4.78, 5) is 55.8. The Balaban J connectivity index is -0.000000336. The minimum atomic E-state index is -4.44. The highest BCUT2D eigenvalue weighted by Crippen LogP contribution is 2.08. The number of aliphatic hydroxyl groups excluding tert-OH is 2. The highest BCUT2D eigenvalue weighted by molar-refractivity contribution is 7.86. The van der Waals surface area contributed by atoms with Crippen molar-refractivity contribution in [2.45, 2.75) is 106 Å². The lowest BCUT2D eigenvalue weighted by Gasteiger charge is -2.32. The van der Waals surface area contributed by atoms with Crippen molar-refractivity contribution in [1.29, 1.82) is 0 Å². The van der Waals surface area contributed by atoms with E-state index in [0.29, 0.717) is 97.3 Å². The maximum Gasteiger partial charge on any atom is 0.330 e. The smallest absolute Gasteiger partial charge is 0.330 e. The standard InChI is InChI=1S/C12H24N2O5S.C12H26N2O4S.C11H23NO6S.C11H23NO5S.C11H22NO2/c1-10(2)12(16)13-6-5-7-14(3,4)8-11(15)9-20(17,18)19;1-11(2)12(15)13-7-5-8-14(3,4)9-6-10-19(16,17)18;1-9(2)11(14)18-6-5-12(3,4)7-10(13)8-19(15,16)17;1-10(2)11(13)17-8-7-12(3,4)6-5-9-18(14,15)16;1-5-7-8-12(3,4)9-10-14-11(13)6-2/h11,15H,1,5-9H2,2-4H3,(H-,13,16,17,18,19);11H,5-10H2,1-4H3,(H-,13,15,16,17,18);9-10,13H,5-8H2,1-4H3;10H,5-9H2,1-4H3;6H,2,5,7-10H2,1,3-4H3/q;;;;+1. The minimum absolute atomic E-state index is 0.00948. The largest absolute Gasteiger partial charge is 0.748 e. The molecule has 4 N–H and O–H groups in total. The Morgan fingerprint density at radius 3 is 1.11 bits per heavy atom. The van der Waals surface area contributed by atoms with Gasteiger partial charge in [-0.15, -0.1) is 0 Å². The fourth-order valence-corrected chi connectivity index (χ4v) is 9.63. The number of quaternary nitrogens is 5. The summed E-state index contributed by atoms with van der Waals surface area (Å²) in [7, 11) is 2.13. The number of unbranched alkanes of at least 4 members (excludes halogenated alkanes) is 1. The second-order valence-electron chi connectivity index (χ2n) is 26.4. The Hall–Kier alpha value is -3.81. The quantitative estimate of drug-likeness (QED) is 0.0158. The lowest BCUT2D eigenvalue weighted by molar-refractivity contribution is -0.893. The molecule has 29 nitrogen and oxygen atoms in total. The number of likely N-dealkylation sites (N-methyl/N-ethyl adjacent to an activating group) is 4. The molecule has 0 heterocycles. The number of esters is 3. The Labute approximate surface area is 541 Å². The molecule has 0 aromatic rings. The molecule has 90 heavy (non-hydrogen) atoms. The molecule has 536 valence electrons. The number of ether oxygens (including phenoxy) is 3. The van der Waals surface area contributed by atoms with Gasteiger partial charge in [0, 0.05) is 67.8 Å². The summed E-state index contributed by atoms with van der Waals surface area (Å²) in [5, 5.41) is 24.6. The van der Waals surface area contributed by atoms with Crippen molar-refractivity contribution in [3.05, 3.63) is 24.8 Å². The van der Waals surface area contributed by atoms with E-state index >= 15 is 0 Å². The first-order chi connectivity index (χ1) is 40.4. The molecular formula is C57H118N7O22S4+. The van der Waals surface area contributed by atoms with E-state index in [2.05, 4.69) is 44.8 Å². The van der Waals surface area contributed by atoms with Crippen molar-refractivity contribution in [3.8, 4) is 0 Å². The summed E-state index contributed by atoms with van der Waals surface area (Å²) in [6.07, 6.45) is 3.39. The summed E-state index contributed by atoms with van der Waals surface area (Å²) >= 11 is 0. The highest BCUT2D eigenvalue weighted by Gasteiger charge is 2.25. The van der Waals surface area contributed by atoms with Gasteiger partial charge in [-0.3, -0.25) is 19.2 Å². The molecule has 0 radical (unpaired) electrons. The molecular weight excluding hydrogens is 1260 g/mol. The first-order valence-electron chi connectivity index (χ1n) is 30.0. The number of nitrogens with one attached hydrogen (secondary N) is 2. The molecule has 0 aliphatic heterocycles. The third-order valence-electron chi connectivity index (χ3n) is 12.9. The zero-order valence-corrected chi connectivity index (χ0v) is 60.8. The van der Waals surface area contributed by atoms with Crippen LogP contribution in [-0.4, -0.2) is 318 Å². The van der Waals surface area contributed by atoms with Crippen LogP contribution in [0, 0.1) is 17.8 Å². The van der Waals surface area contributed by atoms with Crippen molar-refractivity contribution in [2.75, 3.05) is 192 Å². The first-order valence-corrected chi connectivity index (χ1v) is 36.3. The molecule has 0 aromatic carbocycles. The Morgan fingerprint density at radius 1 is 0.478 bits per heavy atom. The SMILES string of the molecule is C=C(C)C(=O)NCCC[N+](C)(C)CC(O)CS(=O)(=O)[O-].C=CC(=O)OCC[N+](C)(C)CCCC.CC(C)C(=O)NCCC[N+](C)(C)CCCS(=O)(=O)[O-].CC(C)C(=O)OCC[N+](C)(C)CC(O)CS(=O)(=O)[O-].CC(C)C(=O)OCC[N+](C)(C)CCCS(=O)(=O)[O-]. The average Bonchev–Trinajstić information content (AvgIpc) is 2.87. The number of carbonyl (C=O) groups is 5. The fraction of sp³-hybridized carbons (Fsp3) is 0.842. The molecule has 0 aromatic heterocycles. The minimum Gasteiger partial charge on any atom is -0.748 e. The predicted octanol–water partition coefficient (Wildman–Crippen LogP) is 0.169. The van der Waals surface area contributed by atoms with Crippen LogP contribution in [0.15, 0.2) is 24.8 Å². The molecule has 0 fully saturated rings. The summed E-state index contributed by atoms with van der Waals surface area (Å²) in [6.45, 7) is 29.3. The Morgan fingerprint density at radius 2 is 0.789 bits per heavy atom. The summed E-state index contributed by atoms with van der Waals surface area (Å²) in [5.74, 6) is -3.63. The lowest BCUT2D eigenvalue weighted by atomic mass is 10.2. The highest BCUT2D eigenvalue weighted by atomic mass is 32.2. The van der Waals surface area contributed by atoms with Gasteiger partial charge in [-0.2, -0.15) is 0 Å². The van der Waals surface area contributed by atoms with Gasteiger partial charge in [-0.05, 0) is 13.3 Å². The van der Waals surface area contributed by atoms with Crippen LogP contribution in [0.4, 0.5) is 0 Å². The van der Waals surface area contributed by atoms with Crippen LogP contribution < -0.4 is 10.6 Å². The maximum atomic E-state index is 11.3. The number of hydrogen-bond donors (Lipinski definition) is 4. The molecule has 0 saturated heterocycles. The van der Waals surface area contributed by atoms with Crippen molar-refractivity contribution >= 4 is 70.2 Å². The van der Waals surface area contributed by atoms with Gasteiger partial charge < -0.3 is 75.7 Å². The van der Waals surface area contributed by atoms with Gasteiger partial charge in [0.05, 0.1) is 167 Å². The van der Waals surface area contributed by atoms with E-state index in [4.69, 9.17) is 14.2 Å². The van der Waals surface area contributed by atoms with E-state index in [1.807, 2.05) is 56.1 Å². The predicted molar refractivity (Wildman–Crippen MR) is 341 cm³/mol. The lowest BCUT2D eigenvalue weighted by Crippen LogP contribution is -2.49. The topological polar surface area (TPSA) is 406 Å². The van der Waals surface area contributed by atoms with E-state index in [1.54, 1.807) is 48.7 Å².